The maximum Gasteiger partial charge on any atom is 0.573 e. The molecular formula is C16H9ClF4N4O2. The Kier molecular flexibility index (Phi) is 4.75. The molecule has 6 nitrogen and oxygen atoms in total. The lowest BCUT2D eigenvalue weighted by Crippen LogP contribution is -2.18. The van der Waals surface area contributed by atoms with Gasteiger partial charge in [0, 0.05) is 17.1 Å². The third kappa shape index (κ3) is 4.34. The number of rotatable bonds is 4. The van der Waals surface area contributed by atoms with Crippen LogP contribution in [0.25, 0.3) is 10.9 Å². The number of nitrogens with one attached hydrogen (secondary N) is 1. The molecule has 0 aliphatic heterocycles. The molecule has 0 aliphatic rings. The molecule has 3 rings (SSSR count). The first-order valence-electron chi connectivity index (χ1n) is 7.22. The number of hydrogen-bond donors (Lipinski definition) is 2. The van der Waals surface area contributed by atoms with Crippen molar-refractivity contribution in [1.82, 2.24) is 9.97 Å². The zero-order valence-corrected chi connectivity index (χ0v) is 13.9. The van der Waals surface area contributed by atoms with Crippen molar-refractivity contribution in [1.29, 1.82) is 0 Å². The fraction of sp³-hybridized carbons (Fsp3) is 0.0625. The standard InChI is InChI=1S/C16H9ClF4N4O2/c17-10-5-7(1-4-11(10)18)23-14-9-3-2-8(27-16(19,20)21)6-12(9)24-15(25-14)13(22)26/h1-6H,(H2,22,26)(H,23,24,25). The molecule has 140 valence electrons. The lowest BCUT2D eigenvalue weighted by molar-refractivity contribution is -0.274. The second kappa shape index (κ2) is 6.88. The van der Waals surface area contributed by atoms with E-state index in [1.165, 1.54) is 18.2 Å². The Morgan fingerprint density at radius 3 is 2.52 bits per heavy atom. The van der Waals surface area contributed by atoms with Gasteiger partial charge in [-0.3, -0.25) is 4.79 Å². The van der Waals surface area contributed by atoms with E-state index in [1.807, 2.05) is 0 Å². The molecule has 3 aromatic rings. The van der Waals surface area contributed by atoms with Crippen molar-refractivity contribution < 1.29 is 27.1 Å². The summed E-state index contributed by atoms with van der Waals surface area (Å²) in [5, 5.41) is 2.92. The number of alkyl halides is 3. The van der Waals surface area contributed by atoms with Crippen molar-refractivity contribution >= 4 is 39.9 Å². The molecule has 0 aliphatic carbocycles. The molecule has 0 saturated heterocycles. The Balaban J connectivity index is 2.09. The van der Waals surface area contributed by atoms with E-state index in [4.69, 9.17) is 17.3 Å². The average molecular weight is 401 g/mol. The lowest BCUT2D eigenvalue weighted by atomic mass is 10.2. The van der Waals surface area contributed by atoms with Gasteiger partial charge in [-0.15, -0.1) is 13.2 Å². The van der Waals surface area contributed by atoms with E-state index in [9.17, 15) is 22.4 Å². The normalized spacial score (nSPS) is 11.4. The summed E-state index contributed by atoms with van der Waals surface area (Å²) < 4.78 is 54.3. The minimum atomic E-state index is -4.89. The van der Waals surface area contributed by atoms with E-state index in [-0.39, 0.29) is 21.7 Å². The van der Waals surface area contributed by atoms with Gasteiger partial charge in [-0.2, -0.15) is 0 Å². The SMILES string of the molecule is NC(=O)c1nc(Nc2ccc(F)c(Cl)c2)c2ccc(OC(F)(F)F)cc2n1. The molecule has 2 aromatic carbocycles. The molecule has 1 heterocycles. The zero-order chi connectivity index (χ0) is 19.8. The molecule has 0 bridgehead atoms. The van der Waals surface area contributed by atoms with Gasteiger partial charge in [0.1, 0.15) is 17.4 Å². The fourth-order valence-electron chi connectivity index (χ4n) is 2.22. The second-order valence-electron chi connectivity index (χ2n) is 5.24. The number of fused-ring (bicyclic) bond motifs is 1. The summed E-state index contributed by atoms with van der Waals surface area (Å²) in [6, 6.07) is 7.06. The highest BCUT2D eigenvalue weighted by Crippen LogP contribution is 2.30. The predicted octanol–water partition coefficient (Wildman–Crippen LogP) is 4.16. The lowest BCUT2D eigenvalue weighted by Gasteiger charge is -2.12. The van der Waals surface area contributed by atoms with Crippen LogP contribution in [0.4, 0.5) is 29.1 Å². The molecule has 0 atom stereocenters. The Bertz CT molecular complexity index is 1040. The van der Waals surface area contributed by atoms with Crippen molar-refractivity contribution in [3.05, 3.63) is 53.1 Å². The van der Waals surface area contributed by atoms with Crippen LogP contribution in [0, 0.1) is 5.82 Å². The highest BCUT2D eigenvalue weighted by atomic mass is 35.5. The summed E-state index contributed by atoms with van der Waals surface area (Å²) in [5.41, 5.74) is 5.49. The molecule has 1 amide bonds. The Labute approximate surface area is 153 Å². The van der Waals surface area contributed by atoms with Gasteiger partial charge in [0.15, 0.2) is 0 Å². The van der Waals surface area contributed by atoms with Crippen molar-refractivity contribution in [3.63, 3.8) is 0 Å². The van der Waals surface area contributed by atoms with Crippen LogP contribution in [0.1, 0.15) is 10.6 Å². The molecule has 0 spiro atoms. The molecule has 0 fully saturated rings. The van der Waals surface area contributed by atoms with E-state index < -0.39 is 29.7 Å². The third-order valence-electron chi connectivity index (χ3n) is 3.30. The number of amides is 1. The van der Waals surface area contributed by atoms with E-state index in [0.29, 0.717) is 5.69 Å². The van der Waals surface area contributed by atoms with Gasteiger partial charge in [-0.25, -0.2) is 14.4 Å². The van der Waals surface area contributed by atoms with Gasteiger partial charge in [0.2, 0.25) is 5.82 Å². The zero-order valence-electron chi connectivity index (χ0n) is 13.1. The van der Waals surface area contributed by atoms with Crippen LogP contribution in [0.15, 0.2) is 36.4 Å². The molecule has 11 heteroatoms. The number of carbonyl (C=O) groups excluding carboxylic acids is 1. The highest BCUT2D eigenvalue weighted by Gasteiger charge is 2.31. The Morgan fingerprint density at radius 1 is 1.15 bits per heavy atom. The van der Waals surface area contributed by atoms with Gasteiger partial charge in [-0.05, 0) is 30.3 Å². The fourth-order valence-corrected chi connectivity index (χ4v) is 2.40. The summed E-state index contributed by atoms with van der Waals surface area (Å²) in [6.07, 6.45) is -4.89. The van der Waals surface area contributed by atoms with Crippen LogP contribution in [0.3, 0.4) is 0 Å². The van der Waals surface area contributed by atoms with Crippen LogP contribution < -0.4 is 15.8 Å². The van der Waals surface area contributed by atoms with Gasteiger partial charge < -0.3 is 15.8 Å². The maximum absolute atomic E-state index is 13.3. The van der Waals surface area contributed by atoms with Gasteiger partial charge in [0.25, 0.3) is 5.91 Å². The van der Waals surface area contributed by atoms with E-state index in [1.54, 1.807) is 0 Å². The highest BCUT2D eigenvalue weighted by molar-refractivity contribution is 6.31. The number of nitrogens with two attached hydrogens (primary N) is 1. The molecule has 1 aromatic heterocycles. The first-order chi connectivity index (χ1) is 12.6. The van der Waals surface area contributed by atoms with Crippen LogP contribution >= 0.6 is 11.6 Å². The first kappa shape index (κ1) is 18.6. The largest absolute Gasteiger partial charge is 0.573 e. The predicted molar refractivity (Wildman–Crippen MR) is 89.4 cm³/mol. The van der Waals surface area contributed by atoms with Crippen LogP contribution in [0.2, 0.25) is 5.02 Å². The summed E-state index contributed by atoms with van der Waals surface area (Å²) in [7, 11) is 0. The second-order valence-corrected chi connectivity index (χ2v) is 5.65. The monoisotopic (exact) mass is 400 g/mol. The number of carbonyl (C=O) groups is 1. The molecule has 27 heavy (non-hydrogen) atoms. The van der Waals surface area contributed by atoms with Crippen LogP contribution in [-0.4, -0.2) is 22.2 Å². The summed E-state index contributed by atoms with van der Waals surface area (Å²) in [5.74, 6) is -2.52. The summed E-state index contributed by atoms with van der Waals surface area (Å²) in [6.45, 7) is 0. The van der Waals surface area contributed by atoms with Crippen molar-refractivity contribution in [2.45, 2.75) is 6.36 Å². The number of primary amides is 1. The number of hydrogen-bond acceptors (Lipinski definition) is 5. The number of aromatic nitrogens is 2. The average Bonchev–Trinajstić information content (AvgIpc) is 2.56. The minimum Gasteiger partial charge on any atom is -0.406 e. The van der Waals surface area contributed by atoms with E-state index in [2.05, 4.69) is 20.0 Å². The van der Waals surface area contributed by atoms with Crippen molar-refractivity contribution in [3.8, 4) is 5.75 Å². The number of ether oxygens (including phenoxy) is 1. The smallest absolute Gasteiger partial charge is 0.406 e. The topological polar surface area (TPSA) is 90.1 Å². The number of halogens is 5. The molecular weight excluding hydrogens is 392 g/mol. The van der Waals surface area contributed by atoms with Gasteiger partial charge >= 0.3 is 6.36 Å². The van der Waals surface area contributed by atoms with Gasteiger partial charge in [0.05, 0.1) is 10.5 Å². The van der Waals surface area contributed by atoms with Crippen molar-refractivity contribution in [2.75, 3.05) is 5.32 Å². The van der Waals surface area contributed by atoms with Crippen LogP contribution in [-0.2, 0) is 0 Å². The summed E-state index contributed by atoms with van der Waals surface area (Å²) >= 11 is 5.72. The van der Waals surface area contributed by atoms with Crippen molar-refractivity contribution in [2.24, 2.45) is 5.73 Å². The third-order valence-corrected chi connectivity index (χ3v) is 3.59. The first-order valence-corrected chi connectivity index (χ1v) is 7.59. The number of nitrogens with zero attached hydrogens (tertiary/aromatic N) is 2. The van der Waals surface area contributed by atoms with E-state index in [0.717, 1.165) is 18.2 Å². The quantitative estimate of drug-likeness (QED) is 0.642. The van der Waals surface area contributed by atoms with E-state index >= 15 is 0 Å². The number of benzene rings is 2. The summed E-state index contributed by atoms with van der Waals surface area (Å²) in [4.78, 5) is 19.2. The molecule has 3 N–H and O–H groups in total. The molecule has 0 saturated carbocycles. The van der Waals surface area contributed by atoms with Crippen LogP contribution in [0.5, 0.6) is 5.75 Å². The maximum atomic E-state index is 13.3. The van der Waals surface area contributed by atoms with Gasteiger partial charge in [-0.1, -0.05) is 11.6 Å². The number of anilines is 2. The molecule has 0 radical (unpaired) electrons. The Morgan fingerprint density at radius 2 is 1.89 bits per heavy atom. The molecule has 0 unspecified atom stereocenters. The Hall–Kier alpha value is -3.14. The minimum absolute atomic E-state index is 0.0174.